The number of H-pyrrole nitrogens is 1. The van der Waals surface area contributed by atoms with E-state index in [1.807, 2.05) is 0 Å². The number of hydrogen-bond donors (Lipinski definition) is 3. The lowest BCUT2D eigenvalue weighted by Crippen LogP contribution is -2.35. The molecule has 0 radical (unpaired) electrons. The predicted molar refractivity (Wildman–Crippen MR) is 103 cm³/mol. The molecule has 3 rings (SSSR count). The van der Waals surface area contributed by atoms with E-state index >= 15 is 0 Å². The maximum Gasteiger partial charge on any atom is 0.270 e. The number of nitrogens with one attached hydrogen (secondary N) is 2. The van der Waals surface area contributed by atoms with Gasteiger partial charge in [0.1, 0.15) is 5.69 Å². The predicted octanol–water partition coefficient (Wildman–Crippen LogP) is 2.26. The Balaban J connectivity index is 2.09. The number of aromatic nitrogens is 3. The van der Waals surface area contributed by atoms with Gasteiger partial charge in [-0.2, -0.15) is 0 Å². The van der Waals surface area contributed by atoms with Crippen LogP contribution in [0.15, 0.2) is 53.5 Å². The Morgan fingerprint density at radius 1 is 1.19 bits per heavy atom. The normalized spacial score (nSPS) is 11.8. The van der Waals surface area contributed by atoms with Gasteiger partial charge in [-0.3, -0.25) is 9.59 Å². The van der Waals surface area contributed by atoms with Crippen LogP contribution >= 0.6 is 11.6 Å². The summed E-state index contributed by atoms with van der Waals surface area (Å²) in [6.07, 6.45) is 1.49. The molecule has 0 saturated heterocycles. The Morgan fingerprint density at radius 3 is 2.52 bits per heavy atom. The molecule has 0 saturated carbocycles. The first kappa shape index (κ1) is 18.8. The van der Waals surface area contributed by atoms with Crippen molar-refractivity contribution in [3.05, 3.63) is 69.7 Å². The molecule has 0 aliphatic carbocycles. The van der Waals surface area contributed by atoms with E-state index in [0.29, 0.717) is 22.1 Å². The number of nitrogens with zero attached hydrogens (tertiary/aromatic N) is 2. The lowest BCUT2D eigenvalue weighted by Gasteiger charge is -2.12. The fourth-order valence-corrected chi connectivity index (χ4v) is 2.48. The summed E-state index contributed by atoms with van der Waals surface area (Å²) < 4.78 is 0. The smallest absolute Gasteiger partial charge is 0.270 e. The molecule has 0 fully saturated rings. The van der Waals surface area contributed by atoms with Gasteiger partial charge in [0, 0.05) is 34.5 Å². The van der Waals surface area contributed by atoms with Crippen molar-refractivity contribution in [3.63, 3.8) is 0 Å². The molecule has 8 heteroatoms. The molecular weight excluding hydrogens is 368 g/mol. The first-order valence-corrected chi connectivity index (χ1v) is 8.60. The van der Waals surface area contributed by atoms with Crippen molar-refractivity contribution in [3.8, 4) is 22.6 Å². The quantitative estimate of drug-likeness (QED) is 0.625. The van der Waals surface area contributed by atoms with E-state index in [9.17, 15) is 9.59 Å². The summed E-state index contributed by atoms with van der Waals surface area (Å²) in [7, 11) is 0. The Kier molecular flexibility index (Phi) is 5.63. The van der Waals surface area contributed by atoms with Crippen LogP contribution in [-0.4, -0.2) is 38.6 Å². The van der Waals surface area contributed by atoms with E-state index in [2.05, 4.69) is 20.3 Å². The lowest BCUT2D eigenvalue weighted by atomic mass is 10.1. The number of benzene rings is 1. The van der Waals surface area contributed by atoms with E-state index in [1.54, 1.807) is 43.3 Å². The molecule has 1 aromatic carbocycles. The minimum absolute atomic E-state index is 0.149. The van der Waals surface area contributed by atoms with Crippen molar-refractivity contribution in [2.24, 2.45) is 0 Å². The summed E-state index contributed by atoms with van der Waals surface area (Å²) in [5.41, 5.74) is 1.76. The second-order valence-corrected chi connectivity index (χ2v) is 6.40. The molecule has 0 aliphatic rings. The van der Waals surface area contributed by atoms with Gasteiger partial charge in [0.15, 0.2) is 5.82 Å². The van der Waals surface area contributed by atoms with Gasteiger partial charge in [-0.1, -0.05) is 23.7 Å². The summed E-state index contributed by atoms with van der Waals surface area (Å²) in [5, 5.41) is 12.4. The van der Waals surface area contributed by atoms with Crippen LogP contribution in [0.3, 0.4) is 0 Å². The summed E-state index contributed by atoms with van der Waals surface area (Å²) in [4.78, 5) is 35.2. The number of hydrogen-bond acceptors (Lipinski definition) is 5. The van der Waals surface area contributed by atoms with Gasteiger partial charge in [-0.15, -0.1) is 0 Å². The van der Waals surface area contributed by atoms with Crippen LogP contribution in [0.2, 0.25) is 5.02 Å². The molecule has 27 heavy (non-hydrogen) atoms. The van der Waals surface area contributed by atoms with E-state index in [1.165, 1.54) is 12.3 Å². The minimum Gasteiger partial charge on any atom is -0.394 e. The van der Waals surface area contributed by atoms with Crippen LogP contribution in [0.1, 0.15) is 17.4 Å². The van der Waals surface area contributed by atoms with Crippen molar-refractivity contribution < 1.29 is 9.90 Å². The average molecular weight is 385 g/mol. The number of carbonyl (C=O) groups excluding carboxylic acids is 1. The molecular formula is C19H17ClN4O3. The van der Waals surface area contributed by atoms with Gasteiger partial charge in [0.25, 0.3) is 5.91 Å². The number of carbonyl (C=O) groups is 1. The van der Waals surface area contributed by atoms with Crippen molar-refractivity contribution >= 4 is 17.5 Å². The maximum absolute atomic E-state index is 12.5. The topological polar surface area (TPSA) is 108 Å². The highest BCUT2D eigenvalue weighted by atomic mass is 35.5. The van der Waals surface area contributed by atoms with Crippen molar-refractivity contribution in [1.29, 1.82) is 0 Å². The molecule has 1 atom stereocenters. The third-order valence-electron chi connectivity index (χ3n) is 3.79. The van der Waals surface area contributed by atoms with Gasteiger partial charge in [0.2, 0.25) is 5.56 Å². The summed E-state index contributed by atoms with van der Waals surface area (Å²) in [6, 6.07) is 11.1. The zero-order valence-corrected chi connectivity index (χ0v) is 15.2. The van der Waals surface area contributed by atoms with E-state index in [4.69, 9.17) is 16.7 Å². The van der Waals surface area contributed by atoms with Gasteiger partial charge < -0.3 is 15.4 Å². The third kappa shape index (κ3) is 4.58. The standard InChI is InChI=1S/C19H17ClN4O3/c1-11(10-25)22-19(27)16-8-15(12-2-5-14(20)6-3-12)23-18(24-16)13-4-7-17(26)21-9-13/h2-9,11,25H,10H2,1H3,(H,21,26)(H,22,27). The number of rotatable bonds is 5. The Hall–Kier alpha value is -3.03. The largest absolute Gasteiger partial charge is 0.394 e. The second kappa shape index (κ2) is 8.11. The number of aliphatic hydroxyl groups excluding tert-OH is 1. The van der Waals surface area contributed by atoms with E-state index < -0.39 is 11.9 Å². The monoisotopic (exact) mass is 384 g/mol. The molecule has 2 heterocycles. The number of halogens is 1. The van der Waals surface area contributed by atoms with Crippen LogP contribution in [-0.2, 0) is 0 Å². The number of aliphatic hydroxyl groups is 1. The van der Waals surface area contributed by atoms with Crippen LogP contribution in [0.25, 0.3) is 22.6 Å². The molecule has 1 amide bonds. The first-order chi connectivity index (χ1) is 13.0. The van der Waals surface area contributed by atoms with Crippen LogP contribution in [0.5, 0.6) is 0 Å². The molecule has 7 nitrogen and oxygen atoms in total. The average Bonchev–Trinajstić information content (AvgIpc) is 2.68. The lowest BCUT2D eigenvalue weighted by molar-refractivity contribution is 0.0917. The van der Waals surface area contributed by atoms with Gasteiger partial charge in [-0.25, -0.2) is 9.97 Å². The third-order valence-corrected chi connectivity index (χ3v) is 4.04. The highest BCUT2D eigenvalue weighted by molar-refractivity contribution is 6.30. The zero-order chi connectivity index (χ0) is 19.4. The number of aromatic amines is 1. The van der Waals surface area contributed by atoms with Crippen LogP contribution < -0.4 is 10.9 Å². The van der Waals surface area contributed by atoms with Crippen LogP contribution in [0.4, 0.5) is 0 Å². The van der Waals surface area contributed by atoms with Crippen molar-refractivity contribution in [2.75, 3.05) is 6.61 Å². The molecule has 0 aliphatic heterocycles. The molecule has 138 valence electrons. The van der Waals surface area contributed by atoms with Crippen LogP contribution in [0, 0.1) is 0 Å². The fraction of sp³-hybridized carbons (Fsp3) is 0.158. The summed E-state index contributed by atoms with van der Waals surface area (Å²) >= 11 is 5.94. The van der Waals surface area contributed by atoms with Crippen molar-refractivity contribution in [2.45, 2.75) is 13.0 Å². The second-order valence-electron chi connectivity index (χ2n) is 5.97. The summed E-state index contributed by atoms with van der Waals surface area (Å²) in [6.45, 7) is 1.50. The Morgan fingerprint density at radius 2 is 1.89 bits per heavy atom. The van der Waals surface area contributed by atoms with Gasteiger partial charge in [0.05, 0.1) is 12.3 Å². The highest BCUT2D eigenvalue weighted by Crippen LogP contribution is 2.23. The molecule has 2 aromatic heterocycles. The summed E-state index contributed by atoms with van der Waals surface area (Å²) in [5.74, 6) is -0.139. The van der Waals surface area contributed by atoms with E-state index in [0.717, 1.165) is 5.56 Å². The SMILES string of the molecule is CC(CO)NC(=O)c1cc(-c2ccc(Cl)cc2)nc(-c2ccc(=O)[nH]c2)n1. The first-order valence-electron chi connectivity index (χ1n) is 8.22. The molecule has 3 N–H and O–H groups in total. The fourth-order valence-electron chi connectivity index (χ4n) is 2.35. The molecule has 1 unspecified atom stereocenters. The molecule has 0 bridgehead atoms. The Bertz CT molecular complexity index is 998. The maximum atomic E-state index is 12.5. The minimum atomic E-state index is -0.431. The van der Waals surface area contributed by atoms with E-state index in [-0.39, 0.29) is 17.9 Å². The van der Waals surface area contributed by atoms with Gasteiger partial charge >= 0.3 is 0 Å². The Labute approximate surface area is 160 Å². The van der Waals surface area contributed by atoms with Crippen molar-refractivity contribution in [1.82, 2.24) is 20.3 Å². The number of pyridine rings is 1. The highest BCUT2D eigenvalue weighted by Gasteiger charge is 2.16. The zero-order valence-electron chi connectivity index (χ0n) is 14.4. The molecule has 3 aromatic rings. The number of amides is 1. The van der Waals surface area contributed by atoms with Gasteiger partial charge in [-0.05, 0) is 31.2 Å². The molecule has 0 spiro atoms.